The van der Waals surface area contributed by atoms with Crippen LogP contribution in [0.5, 0.6) is 5.75 Å². The summed E-state index contributed by atoms with van der Waals surface area (Å²) in [5.74, 6) is -0.416. The molecule has 5 heteroatoms. The van der Waals surface area contributed by atoms with E-state index >= 15 is 0 Å². The molecule has 128 valence electrons. The number of benzene rings is 1. The van der Waals surface area contributed by atoms with Crippen molar-refractivity contribution in [2.24, 2.45) is 0 Å². The number of amides is 1. The highest BCUT2D eigenvalue weighted by molar-refractivity contribution is 5.86. The molecule has 2 N–H and O–H groups in total. The molecule has 1 atom stereocenters. The number of ether oxygens (including phenoxy) is 1. The minimum atomic E-state index is -1.19. The summed E-state index contributed by atoms with van der Waals surface area (Å²) in [5.41, 5.74) is -0.166. The molecule has 0 fully saturated rings. The van der Waals surface area contributed by atoms with E-state index in [0.717, 1.165) is 17.7 Å². The van der Waals surface area contributed by atoms with Gasteiger partial charge in [0.2, 0.25) is 5.91 Å². The van der Waals surface area contributed by atoms with Crippen molar-refractivity contribution < 1.29 is 19.4 Å². The molecular weight excluding hydrogens is 294 g/mol. The minimum Gasteiger partial charge on any atom is -0.494 e. The van der Waals surface area contributed by atoms with E-state index in [1.54, 1.807) is 6.92 Å². The molecule has 23 heavy (non-hydrogen) atoms. The predicted molar refractivity (Wildman–Crippen MR) is 89.6 cm³/mol. The van der Waals surface area contributed by atoms with Gasteiger partial charge in [-0.05, 0) is 43.9 Å². The first-order valence-electron chi connectivity index (χ1n) is 8.17. The topological polar surface area (TPSA) is 75.6 Å². The maximum atomic E-state index is 12.0. The van der Waals surface area contributed by atoms with Gasteiger partial charge in [0.15, 0.2) is 0 Å². The summed E-state index contributed by atoms with van der Waals surface area (Å²) in [5, 5.41) is 11.9. The first kappa shape index (κ1) is 19.0. The van der Waals surface area contributed by atoms with E-state index < -0.39 is 11.5 Å². The molecule has 0 saturated carbocycles. The van der Waals surface area contributed by atoms with E-state index in [2.05, 4.69) is 12.2 Å². The summed E-state index contributed by atoms with van der Waals surface area (Å²) in [6.07, 6.45) is 2.91. The Hall–Kier alpha value is -2.04. The average Bonchev–Trinajstić information content (AvgIpc) is 2.52. The van der Waals surface area contributed by atoms with E-state index in [1.165, 1.54) is 0 Å². The van der Waals surface area contributed by atoms with Crippen molar-refractivity contribution in [3.05, 3.63) is 29.8 Å². The van der Waals surface area contributed by atoms with Gasteiger partial charge < -0.3 is 15.2 Å². The lowest BCUT2D eigenvalue weighted by molar-refractivity contribution is -0.147. The van der Waals surface area contributed by atoms with Gasteiger partial charge >= 0.3 is 5.97 Å². The number of nitrogens with one attached hydrogen (secondary N) is 1. The maximum Gasteiger partial charge on any atom is 0.329 e. The highest BCUT2D eigenvalue weighted by Crippen LogP contribution is 2.15. The van der Waals surface area contributed by atoms with Crippen LogP contribution in [0.1, 0.15) is 52.0 Å². The molecule has 1 aromatic rings. The lowest BCUT2D eigenvalue weighted by atomic mass is 9.96. The molecule has 0 spiro atoms. The van der Waals surface area contributed by atoms with Gasteiger partial charge in [-0.15, -0.1) is 0 Å². The second-order valence-electron chi connectivity index (χ2n) is 5.93. The number of carboxylic acids is 1. The van der Waals surface area contributed by atoms with E-state index in [0.29, 0.717) is 25.9 Å². The zero-order valence-electron chi connectivity index (χ0n) is 14.2. The quantitative estimate of drug-likeness (QED) is 0.694. The third kappa shape index (κ3) is 6.30. The fourth-order valence-corrected chi connectivity index (χ4v) is 2.32. The fraction of sp³-hybridized carbons (Fsp3) is 0.556. The van der Waals surface area contributed by atoms with Gasteiger partial charge in [0.25, 0.3) is 0 Å². The number of aliphatic carboxylic acids is 1. The lowest BCUT2D eigenvalue weighted by Gasteiger charge is -2.25. The van der Waals surface area contributed by atoms with Crippen LogP contribution in [0.4, 0.5) is 0 Å². The molecule has 1 aromatic carbocycles. The van der Waals surface area contributed by atoms with Crippen molar-refractivity contribution in [3.63, 3.8) is 0 Å². The van der Waals surface area contributed by atoms with Crippen LogP contribution in [0.2, 0.25) is 0 Å². The van der Waals surface area contributed by atoms with Crippen molar-refractivity contribution >= 4 is 11.9 Å². The third-order valence-corrected chi connectivity index (χ3v) is 3.67. The molecule has 1 amide bonds. The summed E-state index contributed by atoms with van der Waals surface area (Å²) in [6.45, 7) is 6.19. The predicted octanol–water partition coefficient (Wildman–Crippen LogP) is 3.17. The normalized spacial score (nSPS) is 13.2. The molecule has 0 bridgehead atoms. The molecule has 0 radical (unpaired) electrons. The van der Waals surface area contributed by atoms with Gasteiger partial charge in [-0.2, -0.15) is 0 Å². The number of carboxylic acid groups (broad SMARTS) is 1. The first-order valence-corrected chi connectivity index (χ1v) is 8.17. The molecule has 0 heterocycles. The highest BCUT2D eigenvalue weighted by atomic mass is 16.5. The van der Waals surface area contributed by atoms with Crippen molar-refractivity contribution in [2.45, 2.75) is 58.4 Å². The zero-order valence-corrected chi connectivity index (χ0v) is 14.2. The molecule has 1 rings (SSSR count). The van der Waals surface area contributed by atoms with Crippen LogP contribution in [-0.4, -0.2) is 29.1 Å². The molecule has 0 saturated heterocycles. The van der Waals surface area contributed by atoms with E-state index in [4.69, 9.17) is 4.74 Å². The van der Waals surface area contributed by atoms with Gasteiger partial charge in [0.05, 0.1) is 6.61 Å². The minimum absolute atomic E-state index is 0.241. The van der Waals surface area contributed by atoms with Crippen LogP contribution < -0.4 is 10.1 Å². The lowest BCUT2D eigenvalue weighted by Crippen LogP contribution is -2.52. The number of carbonyl (C=O) groups excluding carboxylic acids is 1. The smallest absolute Gasteiger partial charge is 0.329 e. The Labute approximate surface area is 138 Å². The summed E-state index contributed by atoms with van der Waals surface area (Å²) >= 11 is 0. The number of hydrogen-bond donors (Lipinski definition) is 2. The molecule has 0 aromatic heterocycles. The number of rotatable bonds is 10. The van der Waals surface area contributed by atoms with Crippen LogP contribution in [0.3, 0.4) is 0 Å². The molecule has 1 unspecified atom stereocenters. The number of carbonyl (C=O) groups is 2. The molecule has 0 aliphatic heterocycles. The molecule has 5 nitrogen and oxygen atoms in total. The van der Waals surface area contributed by atoms with Crippen molar-refractivity contribution in [2.75, 3.05) is 6.61 Å². The van der Waals surface area contributed by atoms with Gasteiger partial charge in [0, 0.05) is 6.42 Å². The first-order chi connectivity index (χ1) is 10.9. The summed E-state index contributed by atoms with van der Waals surface area (Å²) < 4.78 is 5.51. The number of hydrogen-bond acceptors (Lipinski definition) is 3. The van der Waals surface area contributed by atoms with Gasteiger partial charge in [-0.25, -0.2) is 4.79 Å². The standard InChI is InChI=1S/C18H27NO4/c1-4-12-18(3,17(21)22)19-16(20)11-8-14-6-9-15(10-7-14)23-13-5-2/h6-7,9-10H,4-5,8,11-13H2,1-3H3,(H,19,20)(H,21,22). The summed E-state index contributed by atoms with van der Waals surface area (Å²) in [4.78, 5) is 23.3. The second kappa shape index (κ2) is 9.18. The zero-order chi connectivity index (χ0) is 17.3. The summed E-state index contributed by atoms with van der Waals surface area (Å²) in [6, 6.07) is 7.64. The Bertz CT molecular complexity index is 512. The second-order valence-corrected chi connectivity index (χ2v) is 5.93. The van der Waals surface area contributed by atoms with Crippen molar-refractivity contribution in [1.82, 2.24) is 5.32 Å². The average molecular weight is 321 g/mol. The van der Waals surface area contributed by atoms with Crippen LogP contribution in [0.25, 0.3) is 0 Å². The Morgan fingerprint density at radius 1 is 1.17 bits per heavy atom. The maximum absolute atomic E-state index is 12.0. The third-order valence-electron chi connectivity index (χ3n) is 3.67. The monoisotopic (exact) mass is 321 g/mol. The van der Waals surface area contributed by atoms with Crippen molar-refractivity contribution in [1.29, 1.82) is 0 Å². The highest BCUT2D eigenvalue weighted by Gasteiger charge is 2.33. The molecular formula is C18H27NO4. The largest absolute Gasteiger partial charge is 0.494 e. The summed E-state index contributed by atoms with van der Waals surface area (Å²) in [7, 11) is 0. The van der Waals surface area contributed by atoms with Gasteiger partial charge in [-0.1, -0.05) is 32.4 Å². The van der Waals surface area contributed by atoms with Crippen molar-refractivity contribution in [3.8, 4) is 5.75 Å². The van der Waals surface area contributed by atoms with E-state index in [-0.39, 0.29) is 12.3 Å². The van der Waals surface area contributed by atoms with E-state index in [9.17, 15) is 14.7 Å². The Morgan fingerprint density at radius 2 is 1.83 bits per heavy atom. The Morgan fingerprint density at radius 3 is 2.35 bits per heavy atom. The van der Waals surface area contributed by atoms with Gasteiger partial charge in [0.1, 0.15) is 11.3 Å². The van der Waals surface area contributed by atoms with E-state index in [1.807, 2.05) is 31.2 Å². The molecule has 0 aliphatic carbocycles. The van der Waals surface area contributed by atoms with Crippen LogP contribution >= 0.6 is 0 Å². The fourth-order valence-electron chi connectivity index (χ4n) is 2.32. The molecule has 0 aliphatic rings. The van der Waals surface area contributed by atoms with Crippen LogP contribution in [0, 0.1) is 0 Å². The van der Waals surface area contributed by atoms with Crippen LogP contribution in [-0.2, 0) is 16.0 Å². The van der Waals surface area contributed by atoms with Gasteiger partial charge in [-0.3, -0.25) is 4.79 Å². The SMILES string of the molecule is CCCOc1ccc(CCC(=O)NC(C)(CCC)C(=O)O)cc1. The van der Waals surface area contributed by atoms with Crippen LogP contribution in [0.15, 0.2) is 24.3 Å². The Kier molecular flexibility index (Phi) is 7.59. The Balaban J connectivity index is 2.50. The number of aryl methyl sites for hydroxylation is 1.